The summed E-state index contributed by atoms with van der Waals surface area (Å²) in [7, 11) is 4.63. The second-order valence-electron chi connectivity index (χ2n) is 4.13. The lowest BCUT2D eigenvalue weighted by Gasteiger charge is -2.28. The summed E-state index contributed by atoms with van der Waals surface area (Å²) in [6.07, 6.45) is 5.52. The molecule has 0 heterocycles. The molecule has 0 N–H and O–H groups in total. The zero-order valence-electron chi connectivity index (χ0n) is 8.77. The maximum Gasteiger partial charge on any atom is 0.0880 e. The lowest BCUT2D eigenvalue weighted by Crippen LogP contribution is -2.41. The Balaban J connectivity index is 3.33. The number of alkyl halides is 1. The van der Waals surface area contributed by atoms with Crippen LogP contribution in [0, 0.1) is 0 Å². The molecule has 0 unspecified atom stereocenters. The van der Waals surface area contributed by atoms with E-state index in [-0.39, 0.29) is 0 Å². The second kappa shape index (κ2) is 6.90. The molecule has 0 aromatic carbocycles. The third-order valence-electron chi connectivity index (χ3n) is 2.31. The predicted octanol–water partition coefficient (Wildman–Crippen LogP) is 3.04. The molecule has 0 radical (unpaired) electrons. The highest BCUT2D eigenvalue weighted by molar-refractivity contribution is 9.09. The van der Waals surface area contributed by atoms with Gasteiger partial charge in [-0.1, -0.05) is 35.7 Å². The average Bonchev–Trinajstić information content (AvgIpc) is 1.98. The summed E-state index contributed by atoms with van der Waals surface area (Å²) in [4.78, 5) is 0. The number of nitrogens with zero attached hydrogens (tertiary/aromatic N) is 1. The zero-order valence-corrected chi connectivity index (χ0v) is 10.4. The summed E-state index contributed by atoms with van der Waals surface area (Å²) in [5.74, 6) is 0. The fraction of sp³-hybridized carbons (Fsp3) is 1.00. The number of hydrogen-bond donors (Lipinski definition) is 0. The van der Waals surface area contributed by atoms with Crippen LogP contribution >= 0.6 is 15.9 Å². The first kappa shape index (κ1) is 12.4. The second-order valence-corrected chi connectivity index (χ2v) is 4.93. The fourth-order valence-electron chi connectivity index (χ4n) is 1.31. The minimum absolute atomic E-state index is 1.12. The predicted molar refractivity (Wildman–Crippen MR) is 59.8 cm³/mol. The summed E-state index contributed by atoms with van der Waals surface area (Å²) in [5.41, 5.74) is 0. The van der Waals surface area contributed by atoms with Crippen molar-refractivity contribution in [2.75, 3.05) is 32.5 Å². The van der Waals surface area contributed by atoms with Crippen molar-refractivity contribution in [2.45, 2.75) is 32.6 Å². The Morgan fingerprint density at radius 3 is 2.17 bits per heavy atom. The van der Waals surface area contributed by atoms with Crippen LogP contribution in [0.4, 0.5) is 0 Å². The van der Waals surface area contributed by atoms with Crippen LogP contribution in [-0.4, -0.2) is 37.0 Å². The standard InChI is InChI=1S/C10H23BrN/c1-4-5-6-7-9-12(2,3)10-8-11/h4-10H2,1-3H3/q+1. The van der Waals surface area contributed by atoms with E-state index in [1.807, 2.05) is 0 Å². The van der Waals surface area contributed by atoms with Gasteiger partial charge in [0.15, 0.2) is 0 Å². The van der Waals surface area contributed by atoms with Crippen LogP contribution in [0.15, 0.2) is 0 Å². The molecule has 0 spiro atoms. The highest BCUT2D eigenvalue weighted by Gasteiger charge is 2.12. The van der Waals surface area contributed by atoms with Crippen LogP contribution in [0.25, 0.3) is 0 Å². The van der Waals surface area contributed by atoms with E-state index in [0.717, 1.165) is 9.81 Å². The maximum absolute atomic E-state index is 3.49. The molecule has 0 aliphatic rings. The third kappa shape index (κ3) is 7.11. The molecule has 1 nitrogen and oxygen atoms in total. The molecule has 0 saturated heterocycles. The normalized spacial score (nSPS) is 12.0. The van der Waals surface area contributed by atoms with E-state index in [0.29, 0.717) is 0 Å². The van der Waals surface area contributed by atoms with Gasteiger partial charge < -0.3 is 4.48 Å². The van der Waals surface area contributed by atoms with E-state index in [9.17, 15) is 0 Å². The Labute approximate surface area is 85.9 Å². The number of hydrogen-bond acceptors (Lipinski definition) is 0. The Hall–Kier alpha value is 0.440. The molecule has 0 amide bonds. The van der Waals surface area contributed by atoms with Gasteiger partial charge in [0.2, 0.25) is 0 Å². The smallest absolute Gasteiger partial charge is 0.0880 e. The summed E-state index contributed by atoms with van der Waals surface area (Å²) in [6.45, 7) is 4.83. The summed E-state index contributed by atoms with van der Waals surface area (Å²) in [6, 6.07) is 0. The van der Waals surface area contributed by atoms with Crippen LogP contribution < -0.4 is 0 Å². The van der Waals surface area contributed by atoms with Crippen LogP contribution in [0.1, 0.15) is 32.6 Å². The summed E-state index contributed by atoms with van der Waals surface area (Å²) >= 11 is 3.49. The summed E-state index contributed by atoms with van der Waals surface area (Å²) < 4.78 is 1.16. The van der Waals surface area contributed by atoms with Gasteiger partial charge in [0.05, 0.1) is 32.5 Å². The SMILES string of the molecule is CCCCCC[N+](C)(C)CCBr. The van der Waals surface area contributed by atoms with Gasteiger partial charge >= 0.3 is 0 Å². The zero-order chi connectivity index (χ0) is 9.45. The van der Waals surface area contributed by atoms with Crippen molar-refractivity contribution in [2.24, 2.45) is 0 Å². The van der Waals surface area contributed by atoms with Crippen LogP contribution in [-0.2, 0) is 0 Å². The van der Waals surface area contributed by atoms with Gasteiger partial charge in [0.25, 0.3) is 0 Å². The van der Waals surface area contributed by atoms with Crippen molar-refractivity contribution in [3.8, 4) is 0 Å². The average molecular weight is 237 g/mol. The van der Waals surface area contributed by atoms with Crippen molar-refractivity contribution in [3.05, 3.63) is 0 Å². The molecule has 0 aliphatic heterocycles. The van der Waals surface area contributed by atoms with E-state index < -0.39 is 0 Å². The molecular weight excluding hydrogens is 214 g/mol. The number of quaternary nitrogens is 1. The maximum atomic E-state index is 3.49. The summed E-state index contributed by atoms with van der Waals surface area (Å²) in [5, 5.41) is 1.12. The Morgan fingerprint density at radius 2 is 1.67 bits per heavy atom. The van der Waals surface area contributed by atoms with Crippen molar-refractivity contribution in [1.82, 2.24) is 0 Å². The number of halogens is 1. The molecule has 0 aromatic heterocycles. The van der Waals surface area contributed by atoms with Crippen LogP contribution in [0.5, 0.6) is 0 Å². The lowest BCUT2D eigenvalue weighted by molar-refractivity contribution is -0.887. The number of unbranched alkanes of at least 4 members (excludes halogenated alkanes) is 3. The molecule has 0 rings (SSSR count). The molecule has 2 heteroatoms. The van der Waals surface area contributed by atoms with Gasteiger partial charge in [0, 0.05) is 0 Å². The van der Waals surface area contributed by atoms with E-state index in [4.69, 9.17) is 0 Å². The molecular formula is C10H23BrN+. The van der Waals surface area contributed by atoms with Crippen molar-refractivity contribution >= 4 is 15.9 Å². The van der Waals surface area contributed by atoms with Crippen LogP contribution in [0.2, 0.25) is 0 Å². The van der Waals surface area contributed by atoms with Crippen LogP contribution in [0.3, 0.4) is 0 Å². The van der Waals surface area contributed by atoms with Gasteiger partial charge in [0.1, 0.15) is 0 Å². The largest absolute Gasteiger partial charge is 0.328 e. The topological polar surface area (TPSA) is 0 Å². The van der Waals surface area contributed by atoms with E-state index in [1.54, 1.807) is 0 Å². The minimum Gasteiger partial charge on any atom is -0.328 e. The monoisotopic (exact) mass is 236 g/mol. The molecule has 0 bridgehead atoms. The lowest BCUT2D eigenvalue weighted by atomic mass is 10.2. The van der Waals surface area contributed by atoms with Gasteiger partial charge in [-0.25, -0.2) is 0 Å². The van der Waals surface area contributed by atoms with E-state index >= 15 is 0 Å². The molecule has 0 aliphatic carbocycles. The molecule has 12 heavy (non-hydrogen) atoms. The van der Waals surface area contributed by atoms with Gasteiger partial charge in [-0.3, -0.25) is 0 Å². The number of rotatable bonds is 7. The first-order chi connectivity index (χ1) is 5.62. The molecule has 0 atom stereocenters. The highest BCUT2D eigenvalue weighted by Crippen LogP contribution is 2.05. The Bertz CT molecular complexity index is 102. The molecule has 74 valence electrons. The van der Waals surface area contributed by atoms with Gasteiger partial charge in [-0.15, -0.1) is 0 Å². The third-order valence-corrected chi connectivity index (χ3v) is 2.66. The molecule has 0 aromatic rings. The van der Waals surface area contributed by atoms with E-state index in [2.05, 4.69) is 36.9 Å². The Kier molecular flexibility index (Phi) is 7.16. The van der Waals surface area contributed by atoms with Crippen molar-refractivity contribution < 1.29 is 4.48 Å². The highest BCUT2D eigenvalue weighted by atomic mass is 79.9. The first-order valence-electron chi connectivity index (χ1n) is 5.00. The quantitative estimate of drug-likeness (QED) is 0.362. The van der Waals surface area contributed by atoms with Crippen molar-refractivity contribution in [1.29, 1.82) is 0 Å². The first-order valence-corrected chi connectivity index (χ1v) is 6.12. The molecule has 0 fully saturated rings. The van der Waals surface area contributed by atoms with Gasteiger partial charge in [-0.2, -0.15) is 0 Å². The van der Waals surface area contributed by atoms with E-state index in [1.165, 1.54) is 38.8 Å². The molecule has 0 saturated carbocycles. The fourth-order valence-corrected chi connectivity index (χ4v) is 2.27. The minimum atomic E-state index is 1.12. The van der Waals surface area contributed by atoms with Gasteiger partial charge in [-0.05, 0) is 12.8 Å². The Morgan fingerprint density at radius 1 is 1.00 bits per heavy atom. The van der Waals surface area contributed by atoms with Crippen molar-refractivity contribution in [3.63, 3.8) is 0 Å².